The monoisotopic (exact) mass is 320 g/mol. The molecule has 22 heavy (non-hydrogen) atoms. The molecule has 116 valence electrons. The summed E-state index contributed by atoms with van der Waals surface area (Å²) in [4.78, 5) is 0.127. The van der Waals surface area contributed by atoms with Crippen LogP contribution in [-0.4, -0.2) is 28.7 Å². The topological polar surface area (TPSA) is 81.9 Å². The molecular weight excluding hydrogens is 304 g/mol. The van der Waals surface area contributed by atoms with Crippen LogP contribution >= 0.6 is 0 Å². The highest BCUT2D eigenvalue weighted by Gasteiger charge is 2.30. The van der Waals surface area contributed by atoms with Gasteiger partial charge in [0, 0.05) is 0 Å². The number of anilines is 2. The summed E-state index contributed by atoms with van der Waals surface area (Å²) in [6.07, 6.45) is 0. The van der Waals surface area contributed by atoms with Gasteiger partial charge in [-0.2, -0.15) is 0 Å². The molecule has 0 spiro atoms. The third-order valence-electron chi connectivity index (χ3n) is 3.48. The molecule has 0 unspecified atom stereocenters. The average molecular weight is 320 g/mol. The van der Waals surface area contributed by atoms with E-state index in [0.717, 1.165) is 0 Å². The Hall–Kier alpha value is -2.41. The third kappa shape index (κ3) is 2.33. The molecule has 0 atom stereocenters. The molecule has 2 N–H and O–H groups in total. The van der Waals surface area contributed by atoms with E-state index in [1.54, 1.807) is 30.3 Å². The third-order valence-corrected chi connectivity index (χ3v) is 5.28. The molecule has 0 radical (unpaired) electrons. The average Bonchev–Trinajstić information content (AvgIpc) is 2.54. The first-order valence-electron chi connectivity index (χ1n) is 6.72. The second kappa shape index (κ2) is 5.42. The summed E-state index contributed by atoms with van der Waals surface area (Å²) in [7, 11) is -2.22. The number of methoxy groups -OCH3 is 1. The molecule has 6 nitrogen and oxygen atoms in total. The van der Waals surface area contributed by atoms with Crippen molar-refractivity contribution in [3.8, 4) is 11.5 Å². The van der Waals surface area contributed by atoms with Crippen molar-refractivity contribution in [1.82, 2.24) is 0 Å². The number of rotatable bonds is 3. The van der Waals surface area contributed by atoms with Gasteiger partial charge in [-0.05, 0) is 30.3 Å². The number of fused-ring (bicyclic) bond motifs is 1. The summed E-state index contributed by atoms with van der Waals surface area (Å²) < 4.78 is 37.6. The number of nitrogens with zero attached hydrogens (tertiary/aromatic N) is 1. The molecule has 2 aromatic carbocycles. The van der Waals surface area contributed by atoms with E-state index in [4.69, 9.17) is 15.2 Å². The van der Waals surface area contributed by atoms with Gasteiger partial charge in [-0.1, -0.05) is 12.1 Å². The van der Waals surface area contributed by atoms with Gasteiger partial charge in [0.1, 0.15) is 18.1 Å². The second-order valence-corrected chi connectivity index (χ2v) is 6.66. The molecule has 0 saturated carbocycles. The van der Waals surface area contributed by atoms with E-state index in [1.807, 2.05) is 0 Å². The van der Waals surface area contributed by atoms with Crippen LogP contribution < -0.4 is 19.5 Å². The molecule has 0 amide bonds. The minimum atomic E-state index is -3.71. The molecule has 1 aliphatic heterocycles. The smallest absolute Gasteiger partial charge is 0.264 e. The van der Waals surface area contributed by atoms with Gasteiger partial charge < -0.3 is 15.2 Å². The van der Waals surface area contributed by atoms with Gasteiger partial charge in [0.15, 0.2) is 0 Å². The van der Waals surface area contributed by atoms with Gasteiger partial charge in [0.2, 0.25) is 0 Å². The molecule has 0 bridgehead atoms. The van der Waals surface area contributed by atoms with E-state index in [1.165, 1.54) is 23.5 Å². The number of hydrogen-bond donors (Lipinski definition) is 1. The largest absolute Gasteiger partial charge is 0.495 e. The zero-order chi connectivity index (χ0) is 15.7. The Bertz CT molecular complexity index is 805. The molecule has 0 aliphatic carbocycles. The maximum Gasteiger partial charge on any atom is 0.264 e. The Balaban J connectivity index is 2.06. The van der Waals surface area contributed by atoms with Crippen molar-refractivity contribution >= 4 is 21.4 Å². The van der Waals surface area contributed by atoms with Crippen LogP contribution in [0.3, 0.4) is 0 Å². The summed E-state index contributed by atoms with van der Waals surface area (Å²) in [6.45, 7) is 0.563. The molecule has 7 heteroatoms. The zero-order valence-corrected chi connectivity index (χ0v) is 12.8. The van der Waals surface area contributed by atoms with E-state index in [2.05, 4.69) is 0 Å². The lowest BCUT2D eigenvalue weighted by Gasteiger charge is -2.30. The summed E-state index contributed by atoms with van der Waals surface area (Å²) in [6, 6.07) is 11.5. The number of nitrogens with two attached hydrogens (primary N) is 1. The van der Waals surface area contributed by atoms with Crippen molar-refractivity contribution in [2.75, 3.05) is 30.3 Å². The summed E-state index contributed by atoms with van der Waals surface area (Å²) in [5.74, 6) is 1.00. The fourth-order valence-electron chi connectivity index (χ4n) is 2.39. The van der Waals surface area contributed by atoms with Crippen LogP contribution in [-0.2, 0) is 10.0 Å². The molecule has 0 saturated heterocycles. The number of sulfonamides is 1. The van der Waals surface area contributed by atoms with Gasteiger partial charge in [-0.15, -0.1) is 0 Å². The SMILES string of the molecule is COc1ccc(S(=O)(=O)N2CCOc3ccccc32)cc1N. The van der Waals surface area contributed by atoms with Crippen molar-refractivity contribution in [2.24, 2.45) is 0 Å². The van der Waals surface area contributed by atoms with Gasteiger partial charge in [-0.3, -0.25) is 4.31 Å². The summed E-state index contributed by atoms with van der Waals surface area (Å²) in [5.41, 5.74) is 6.63. The van der Waals surface area contributed by atoms with Crippen molar-refractivity contribution in [3.63, 3.8) is 0 Å². The highest BCUT2D eigenvalue weighted by Crippen LogP contribution is 2.35. The molecule has 1 aliphatic rings. The van der Waals surface area contributed by atoms with Crippen molar-refractivity contribution < 1.29 is 17.9 Å². The Morgan fingerprint density at radius 2 is 2.00 bits per heavy atom. The fraction of sp³-hybridized carbons (Fsp3) is 0.200. The van der Waals surface area contributed by atoms with Crippen molar-refractivity contribution in [1.29, 1.82) is 0 Å². The number of ether oxygens (including phenoxy) is 2. The quantitative estimate of drug-likeness (QED) is 0.873. The van der Waals surface area contributed by atoms with E-state index in [0.29, 0.717) is 23.8 Å². The molecule has 1 heterocycles. The van der Waals surface area contributed by atoms with Crippen LogP contribution in [0, 0.1) is 0 Å². The van der Waals surface area contributed by atoms with E-state index < -0.39 is 10.0 Å². The number of hydrogen-bond acceptors (Lipinski definition) is 5. The molecule has 0 fully saturated rings. The minimum Gasteiger partial charge on any atom is -0.495 e. The fourth-order valence-corrected chi connectivity index (χ4v) is 3.89. The standard InChI is InChI=1S/C15H16N2O4S/c1-20-14-7-6-11(10-12(14)16)22(18,19)17-8-9-21-15-5-3-2-4-13(15)17/h2-7,10H,8-9,16H2,1H3. The van der Waals surface area contributed by atoms with Gasteiger partial charge >= 0.3 is 0 Å². The van der Waals surface area contributed by atoms with Crippen molar-refractivity contribution in [2.45, 2.75) is 4.90 Å². The van der Waals surface area contributed by atoms with Crippen LogP contribution in [0.5, 0.6) is 11.5 Å². The lowest BCUT2D eigenvalue weighted by atomic mass is 10.2. The first kappa shape index (κ1) is 14.5. The minimum absolute atomic E-state index is 0.127. The Labute approximate surface area is 129 Å². The van der Waals surface area contributed by atoms with Crippen LogP contribution in [0.2, 0.25) is 0 Å². The second-order valence-electron chi connectivity index (χ2n) is 4.80. The maximum absolute atomic E-state index is 12.9. The molecular formula is C15H16N2O4S. The first-order chi connectivity index (χ1) is 10.5. The van der Waals surface area contributed by atoms with Crippen LogP contribution in [0.1, 0.15) is 0 Å². The molecule has 3 rings (SSSR count). The molecule has 0 aromatic heterocycles. The van der Waals surface area contributed by atoms with Crippen LogP contribution in [0.4, 0.5) is 11.4 Å². The van der Waals surface area contributed by atoms with Crippen LogP contribution in [0.15, 0.2) is 47.4 Å². The lowest BCUT2D eigenvalue weighted by molar-refractivity contribution is 0.316. The van der Waals surface area contributed by atoms with Gasteiger partial charge in [-0.25, -0.2) is 8.42 Å². The first-order valence-corrected chi connectivity index (χ1v) is 8.16. The Kier molecular flexibility index (Phi) is 3.58. The van der Waals surface area contributed by atoms with Gasteiger partial charge in [0.25, 0.3) is 10.0 Å². The molecule has 2 aromatic rings. The van der Waals surface area contributed by atoms with Gasteiger partial charge in [0.05, 0.1) is 29.9 Å². The Morgan fingerprint density at radius 1 is 1.23 bits per heavy atom. The summed E-state index contributed by atoms with van der Waals surface area (Å²) >= 11 is 0. The predicted molar refractivity (Wildman–Crippen MR) is 83.9 cm³/mol. The maximum atomic E-state index is 12.9. The predicted octanol–water partition coefficient (Wildman–Crippen LogP) is 1.87. The van der Waals surface area contributed by atoms with Crippen LogP contribution in [0.25, 0.3) is 0 Å². The number of benzene rings is 2. The van der Waals surface area contributed by atoms with E-state index >= 15 is 0 Å². The Morgan fingerprint density at radius 3 is 2.73 bits per heavy atom. The van der Waals surface area contributed by atoms with E-state index in [-0.39, 0.29) is 17.1 Å². The van der Waals surface area contributed by atoms with Crippen molar-refractivity contribution in [3.05, 3.63) is 42.5 Å². The lowest BCUT2D eigenvalue weighted by Crippen LogP contribution is -2.37. The highest BCUT2D eigenvalue weighted by molar-refractivity contribution is 7.92. The van der Waals surface area contributed by atoms with E-state index in [9.17, 15) is 8.42 Å². The number of nitrogen functional groups attached to an aromatic ring is 1. The highest BCUT2D eigenvalue weighted by atomic mass is 32.2. The zero-order valence-electron chi connectivity index (χ0n) is 12.0. The normalized spacial score (nSPS) is 14.1. The number of para-hydroxylation sites is 2. The summed E-state index contributed by atoms with van der Waals surface area (Å²) in [5, 5.41) is 0.